The first-order valence-corrected chi connectivity index (χ1v) is 7.38. The molecule has 0 saturated heterocycles. The Hall–Kier alpha value is -2.66. The topological polar surface area (TPSA) is 57.1 Å². The average Bonchev–Trinajstić information content (AvgIpc) is 2.51. The standard InChI is InChI=1S/C17H14ClN3O2/c1-11-7-3-5-9-13(11)22-16-19-15(18)20-17(21-16)23-14-10-6-4-8-12(14)2/h3-10H,1-2H3. The summed E-state index contributed by atoms with van der Waals surface area (Å²) >= 11 is 5.94. The molecule has 5 nitrogen and oxygen atoms in total. The number of benzene rings is 2. The van der Waals surface area contributed by atoms with Crippen LogP contribution in [0, 0.1) is 13.8 Å². The van der Waals surface area contributed by atoms with E-state index in [1.165, 1.54) is 0 Å². The fraction of sp³-hybridized carbons (Fsp3) is 0.118. The van der Waals surface area contributed by atoms with E-state index in [1.807, 2.05) is 62.4 Å². The van der Waals surface area contributed by atoms with Gasteiger partial charge in [-0.2, -0.15) is 9.97 Å². The predicted octanol–water partition coefficient (Wildman–Crippen LogP) is 4.73. The number of nitrogens with zero attached hydrogens (tertiary/aromatic N) is 3. The predicted molar refractivity (Wildman–Crippen MR) is 87.3 cm³/mol. The molecule has 0 spiro atoms. The Labute approximate surface area is 138 Å². The van der Waals surface area contributed by atoms with Gasteiger partial charge in [0.2, 0.25) is 5.28 Å². The smallest absolute Gasteiger partial charge is 0.329 e. The zero-order valence-corrected chi connectivity index (χ0v) is 13.4. The number of hydrogen-bond donors (Lipinski definition) is 0. The van der Waals surface area contributed by atoms with Gasteiger partial charge < -0.3 is 9.47 Å². The first kappa shape index (κ1) is 15.2. The number of aryl methyl sites for hydroxylation is 2. The second-order valence-corrected chi connectivity index (χ2v) is 5.24. The molecule has 116 valence electrons. The number of para-hydroxylation sites is 2. The van der Waals surface area contributed by atoms with Crippen molar-refractivity contribution >= 4 is 11.6 Å². The lowest BCUT2D eigenvalue weighted by Crippen LogP contribution is -1.99. The highest BCUT2D eigenvalue weighted by Crippen LogP contribution is 2.26. The van der Waals surface area contributed by atoms with E-state index in [2.05, 4.69) is 15.0 Å². The molecule has 0 unspecified atom stereocenters. The highest BCUT2D eigenvalue weighted by atomic mass is 35.5. The van der Waals surface area contributed by atoms with Gasteiger partial charge in [0.05, 0.1) is 0 Å². The van der Waals surface area contributed by atoms with Crippen LogP contribution in [-0.2, 0) is 0 Å². The minimum absolute atomic E-state index is 0.00664. The van der Waals surface area contributed by atoms with E-state index in [9.17, 15) is 0 Å². The van der Waals surface area contributed by atoms with Gasteiger partial charge in [-0.25, -0.2) is 0 Å². The molecule has 2 aromatic carbocycles. The molecular formula is C17H14ClN3O2. The van der Waals surface area contributed by atoms with Crippen molar-refractivity contribution in [3.05, 3.63) is 64.9 Å². The highest BCUT2D eigenvalue weighted by Gasteiger charge is 2.11. The van der Waals surface area contributed by atoms with Crippen LogP contribution in [0.3, 0.4) is 0 Å². The number of hydrogen-bond acceptors (Lipinski definition) is 5. The Bertz CT molecular complexity index is 774. The molecule has 3 rings (SSSR count). The Morgan fingerprint density at radius 3 is 1.57 bits per heavy atom. The average molecular weight is 328 g/mol. The van der Waals surface area contributed by atoms with Gasteiger partial charge in [0.25, 0.3) is 0 Å². The summed E-state index contributed by atoms with van der Waals surface area (Å²) in [5.41, 5.74) is 1.93. The monoisotopic (exact) mass is 327 g/mol. The second kappa shape index (κ2) is 6.62. The third kappa shape index (κ3) is 3.76. The van der Waals surface area contributed by atoms with E-state index in [4.69, 9.17) is 21.1 Å². The SMILES string of the molecule is Cc1ccccc1Oc1nc(Cl)nc(Oc2ccccc2C)n1. The second-order valence-electron chi connectivity index (χ2n) is 4.90. The molecule has 0 radical (unpaired) electrons. The Kier molecular flexibility index (Phi) is 4.39. The first-order valence-electron chi connectivity index (χ1n) is 7.00. The molecule has 6 heteroatoms. The molecule has 0 amide bonds. The van der Waals surface area contributed by atoms with Gasteiger partial charge in [-0.1, -0.05) is 36.4 Å². The Balaban J connectivity index is 1.88. The molecule has 0 N–H and O–H groups in total. The summed E-state index contributed by atoms with van der Waals surface area (Å²) in [5.74, 6) is 1.30. The van der Waals surface area contributed by atoms with Gasteiger partial charge in [0.15, 0.2) is 0 Å². The van der Waals surface area contributed by atoms with E-state index < -0.39 is 0 Å². The summed E-state index contributed by atoms with van der Waals surface area (Å²) in [7, 11) is 0. The Morgan fingerprint density at radius 1 is 0.696 bits per heavy atom. The number of rotatable bonds is 4. The van der Waals surface area contributed by atoms with Crippen molar-refractivity contribution in [1.29, 1.82) is 0 Å². The van der Waals surface area contributed by atoms with Crippen LogP contribution in [0.15, 0.2) is 48.5 Å². The maximum atomic E-state index is 5.94. The lowest BCUT2D eigenvalue weighted by Gasteiger charge is -2.09. The van der Waals surface area contributed by atoms with Gasteiger partial charge >= 0.3 is 12.0 Å². The summed E-state index contributed by atoms with van der Waals surface area (Å²) in [4.78, 5) is 12.1. The summed E-state index contributed by atoms with van der Waals surface area (Å²) in [6, 6.07) is 15.3. The van der Waals surface area contributed by atoms with Crippen LogP contribution in [0.1, 0.15) is 11.1 Å². The minimum atomic E-state index is 0.00664. The van der Waals surface area contributed by atoms with Gasteiger partial charge in [-0.3, -0.25) is 0 Å². The lowest BCUT2D eigenvalue weighted by molar-refractivity contribution is 0.394. The van der Waals surface area contributed by atoms with Gasteiger partial charge in [0.1, 0.15) is 11.5 Å². The molecule has 0 aliphatic rings. The molecule has 1 aromatic heterocycles. The minimum Gasteiger partial charge on any atom is -0.424 e. The Morgan fingerprint density at radius 2 is 1.13 bits per heavy atom. The van der Waals surface area contributed by atoms with E-state index in [1.54, 1.807) is 0 Å². The van der Waals surface area contributed by atoms with Crippen molar-refractivity contribution in [1.82, 2.24) is 15.0 Å². The summed E-state index contributed by atoms with van der Waals surface area (Å²) < 4.78 is 11.3. The number of aromatic nitrogens is 3. The highest BCUT2D eigenvalue weighted by molar-refractivity contribution is 6.28. The largest absolute Gasteiger partial charge is 0.424 e. The zero-order chi connectivity index (χ0) is 16.2. The van der Waals surface area contributed by atoms with Crippen molar-refractivity contribution in [2.75, 3.05) is 0 Å². The quantitative estimate of drug-likeness (QED) is 0.693. The first-order chi connectivity index (χ1) is 11.1. The number of ether oxygens (including phenoxy) is 2. The van der Waals surface area contributed by atoms with E-state index in [0.717, 1.165) is 11.1 Å². The van der Waals surface area contributed by atoms with Crippen LogP contribution in [0.2, 0.25) is 5.28 Å². The van der Waals surface area contributed by atoms with Gasteiger partial charge in [0, 0.05) is 0 Å². The molecule has 0 fully saturated rings. The van der Waals surface area contributed by atoms with Crippen molar-refractivity contribution in [3.63, 3.8) is 0 Å². The zero-order valence-electron chi connectivity index (χ0n) is 12.7. The molecule has 0 aliphatic heterocycles. The maximum Gasteiger partial charge on any atom is 0.329 e. The van der Waals surface area contributed by atoms with Crippen molar-refractivity contribution in [2.24, 2.45) is 0 Å². The molecule has 0 atom stereocenters. The van der Waals surface area contributed by atoms with Crippen LogP contribution in [0.25, 0.3) is 0 Å². The normalized spacial score (nSPS) is 10.4. The van der Waals surface area contributed by atoms with Gasteiger partial charge in [-0.05, 0) is 48.7 Å². The van der Waals surface area contributed by atoms with Crippen molar-refractivity contribution < 1.29 is 9.47 Å². The molecular weight excluding hydrogens is 314 g/mol. The van der Waals surface area contributed by atoms with Crippen LogP contribution >= 0.6 is 11.6 Å². The van der Waals surface area contributed by atoms with Crippen LogP contribution in [-0.4, -0.2) is 15.0 Å². The lowest BCUT2D eigenvalue weighted by atomic mass is 10.2. The van der Waals surface area contributed by atoms with Gasteiger partial charge in [-0.15, -0.1) is 4.98 Å². The summed E-state index contributed by atoms with van der Waals surface area (Å²) in [6.45, 7) is 3.87. The fourth-order valence-electron chi connectivity index (χ4n) is 1.94. The maximum absolute atomic E-state index is 5.94. The fourth-order valence-corrected chi connectivity index (χ4v) is 2.09. The number of halogens is 1. The third-order valence-corrected chi connectivity index (χ3v) is 3.33. The third-order valence-electron chi connectivity index (χ3n) is 3.16. The summed E-state index contributed by atoms with van der Waals surface area (Å²) in [5, 5.41) is 0.00664. The van der Waals surface area contributed by atoms with Crippen molar-refractivity contribution in [2.45, 2.75) is 13.8 Å². The van der Waals surface area contributed by atoms with Crippen LogP contribution in [0.4, 0.5) is 0 Å². The molecule has 1 heterocycles. The molecule has 3 aromatic rings. The van der Waals surface area contributed by atoms with E-state index in [-0.39, 0.29) is 17.3 Å². The molecule has 23 heavy (non-hydrogen) atoms. The van der Waals surface area contributed by atoms with E-state index in [0.29, 0.717) is 11.5 Å². The van der Waals surface area contributed by atoms with E-state index >= 15 is 0 Å². The van der Waals surface area contributed by atoms with Crippen LogP contribution < -0.4 is 9.47 Å². The summed E-state index contributed by atoms with van der Waals surface area (Å²) in [6.07, 6.45) is 0. The van der Waals surface area contributed by atoms with Crippen LogP contribution in [0.5, 0.6) is 23.5 Å². The molecule has 0 saturated carbocycles. The molecule has 0 bridgehead atoms. The van der Waals surface area contributed by atoms with Crippen molar-refractivity contribution in [3.8, 4) is 23.5 Å². The molecule has 0 aliphatic carbocycles.